The van der Waals surface area contributed by atoms with Gasteiger partial charge in [0.25, 0.3) is 0 Å². The quantitative estimate of drug-likeness (QED) is 0.857. The Labute approximate surface area is 132 Å². The second kappa shape index (κ2) is 6.37. The first-order chi connectivity index (χ1) is 10.5. The number of hydrogen-bond acceptors (Lipinski definition) is 2. The number of carbonyl (C=O) groups excluding carboxylic acids is 1. The lowest BCUT2D eigenvalue weighted by Gasteiger charge is -2.48. The van der Waals surface area contributed by atoms with Crippen molar-refractivity contribution in [1.29, 1.82) is 0 Å². The van der Waals surface area contributed by atoms with E-state index in [1.54, 1.807) is 12.1 Å². The maximum Gasteiger partial charge on any atom is 0.222 e. The van der Waals surface area contributed by atoms with Gasteiger partial charge in [-0.25, -0.2) is 4.39 Å². The van der Waals surface area contributed by atoms with Crippen molar-refractivity contribution in [3.8, 4) is 0 Å². The molecule has 0 spiro atoms. The zero-order chi connectivity index (χ0) is 15.7. The molecule has 1 aromatic carbocycles. The Morgan fingerprint density at radius 1 is 1.36 bits per heavy atom. The lowest BCUT2D eigenvalue weighted by Crippen LogP contribution is -2.57. The van der Waals surface area contributed by atoms with Gasteiger partial charge in [-0.05, 0) is 63.4 Å². The van der Waals surface area contributed by atoms with Gasteiger partial charge in [-0.1, -0.05) is 12.1 Å². The lowest BCUT2D eigenvalue weighted by atomic mass is 9.80. The minimum atomic E-state index is -0.179. The van der Waals surface area contributed by atoms with Gasteiger partial charge in [0.1, 0.15) is 5.82 Å². The highest BCUT2D eigenvalue weighted by Crippen LogP contribution is 2.33. The first-order valence-electron chi connectivity index (χ1n) is 8.25. The second-order valence-electron chi connectivity index (χ2n) is 6.95. The Bertz CT molecular complexity index is 546. The SMILES string of the molecule is CN(C)C1CC2CCCC(=O)N2CC1Cc1cccc(F)c1. The Morgan fingerprint density at radius 3 is 2.91 bits per heavy atom. The van der Waals surface area contributed by atoms with Gasteiger partial charge in [-0.2, -0.15) is 0 Å². The zero-order valence-corrected chi connectivity index (χ0v) is 13.5. The predicted molar refractivity (Wildman–Crippen MR) is 85.0 cm³/mol. The summed E-state index contributed by atoms with van der Waals surface area (Å²) >= 11 is 0. The second-order valence-corrected chi connectivity index (χ2v) is 6.95. The molecule has 1 amide bonds. The normalized spacial score (nSPS) is 28.8. The maximum absolute atomic E-state index is 13.4. The highest BCUT2D eigenvalue weighted by atomic mass is 19.1. The molecule has 0 aromatic heterocycles. The molecule has 2 saturated heterocycles. The third kappa shape index (κ3) is 3.17. The molecule has 120 valence electrons. The Hall–Kier alpha value is -1.42. The fourth-order valence-electron chi connectivity index (χ4n) is 4.13. The van der Waals surface area contributed by atoms with Crippen LogP contribution in [0.2, 0.25) is 0 Å². The maximum atomic E-state index is 13.4. The Balaban J connectivity index is 1.78. The number of piperidine rings is 2. The number of nitrogens with zero attached hydrogens (tertiary/aromatic N) is 2. The van der Waals surface area contributed by atoms with Crippen molar-refractivity contribution in [2.24, 2.45) is 5.92 Å². The minimum absolute atomic E-state index is 0.179. The predicted octanol–water partition coefficient (Wildman–Crippen LogP) is 2.70. The number of benzene rings is 1. The van der Waals surface area contributed by atoms with Crippen LogP contribution in [0.15, 0.2) is 24.3 Å². The molecule has 3 atom stereocenters. The van der Waals surface area contributed by atoms with Crippen molar-refractivity contribution < 1.29 is 9.18 Å². The smallest absolute Gasteiger partial charge is 0.222 e. The molecule has 0 saturated carbocycles. The lowest BCUT2D eigenvalue weighted by molar-refractivity contribution is -0.141. The van der Waals surface area contributed by atoms with Crippen molar-refractivity contribution >= 4 is 5.91 Å². The van der Waals surface area contributed by atoms with Crippen molar-refractivity contribution in [3.05, 3.63) is 35.6 Å². The van der Waals surface area contributed by atoms with Gasteiger partial charge in [-0.3, -0.25) is 4.79 Å². The van der Waals surface area contributed by atoms with Crippen molar-refractivity contribution in [2.45, 2.75) is 44.2 Å². The zero-order valence-electron chi connectivity index (χ0n) is 13.5. The van der Waals surface area contributed by atoms with Crippen LogP contribution in [0.5, 0.6) is 0 Å². The summed E-state index contributed by atoms with van der Waals surface area (Å²) in [6.45, 7) is 0.808. The topological polar surface area (TPSA) is 23.6 Å². The van der Waals surface area contributed by atoms with E-state index in [2.05, 4.69) is 23.9 Å². The molecule has 2 fully saturated rings. The van der Waals surface area contributed by atoms with Crippen LogP contribution >= 0.6 is 0 Å². The van der Waals surface area contributed by atoms with E-state index in [0.29, 0.717) is 30.3 Å². The highest BCUT2D eigenvalue weighted by Gasteiger charge is 2.40. The average Bonchev–Trinajstić information content (AvgIpc) is 2.47. The van der Waals surface area contributed by atoms with Crippen LogP contribution < -0.4 is 0 Å². The van der Waals surface area contributed by atoms with E-state index in [4.69, 9.17) is 0 Å². The van der Waals surface area contributed by atoms with Gasteiger partial charge in [0.05, 0.1) is 0 Å². The molecule has 22 heavy (non-hydrogen) atoms. The fraction of sp³-hybridized carbons (Fsp3) is 0.611. The molecule has 1 aromatic rings. The summed E-state index contributed by atoms with van der Waals surface area (Å²) in [6.07, 6.45) is 4.71. The van der Waals surface area contributed by atoms with E-state index in [1.165, 1.54) is 6.07 Å². The molecule has 2 aliphatic rings. The summed E-state index contributed by atoms with van der Waals surface area (Å²) in [5.74, 6) is 0.495. The average molecular weight is 304 g/mol. The van der Waals surface area contributed by atoms with Crippen LogP contribution in [0.25, 0.3) is 0 Å². The van der Waals surface area contributed by atoms with Crippen molar-refractivity contribution in [3.63, 3.8) is 0 Å². The van der Waals surface area contributed by atoms with E-state index in [0.717, 1.165) is 37.8 Å². The van der Waals surface area contributed by atoms with Crippen LogP contribution in [0.1, 0.15) is 31.2 Å². The standard InChI is InChI=1S/C18H25FN2O/c1-20(2)17-11-16-7-4-8-18(22)21(16)12-14(17)9-13-5-3-6-15(19)10-13/h3,5-6,10,14,16-17H,4,7-9,11-12H2,1-2H3. The molecule has 2 heterocycles. The van der Waals surface area contributed by atoms with Gasteiger partial charge in [-0.15, -0.1) is 0 Å². The van der Waals surface area contributed by atoms with Gasteiger partial charge >= 0.3 is 0 Å². The molecule has 0 aliphatic carbocycles. The molecule has 0 radical (unpaired) electrons. The monoisotopic (exact) mass is 304 g/mol. The molecule has 0 N–H and O–H groups in total. The summed E-state index contributed by atoms with van der Waals surface area (Å²) in [5, 5.41) is 0. The van der Waals surface area contributed by atoms with E-state index < -0.39 is 0 Å². The van der Waals surface area contributed by atoms with Crippen LogP contribution in [-0.4, -0.2) is 48.4 Å². The highest BCUT2D eigenvalue weighted by molar-refractivity contribution is 5.77. The summed E-state index contributed by atoms with van der Waals surface area (Å²) in [6, 6.07) is 7.72. The van der Waals surface area contributed by atoms with Gasteiger partial charge in [0.2, 0.25) is 5.91 Å². The van der Waals surface area contributed by atoms with E-state index >= 15 is 0 Å². The minimum Gasteiger partial charge on any atom is -0.339 e. The van der Waals surface area contributed by atoms with E-state index in [9.17, 15) is 9.18 Å². The Morgan fingerprint density at radius 2 is 2.18 bits per heavy atom. The number of hydrogen-bond donors (Lipinski definition) is 0. The largest absolute Gasteiger partial charge is 0.339 e. The third-order valence-electron chi connectivity index (χ3n) is 5.23. The first-order valence-corrected chi connectivity index (χ1v) is 8.25. The molecule has 4 heteroatoms. The van der Waals surface area contributed by atoms with Gasteiger partial charge in [0, 0.05) is 25.0 Å². The molecular formula is C18H25FN2O. The van der Waals surface area contributed by atoms with Crippen LogP contribution in [0.4, 0.5) is 4.39 Å². The fourth-order valence-corrected chi connectivity index (χ4v) is 4.13. The van der Waals surface area contributed by atoms with Gasteiger partial charge in [0.15, 0.2) is 0 Å². The van der Waals surface area contributed by atoms with Gasteiger partial charge < -0.3 is 9.80 Å². The molecule has 0 bridgehead atoms. The summed E-state index contributed by atoms with van der Waals surface area (Å²) in [5.41, 5.74) is 1.03. The summed E-state index contributed by atoms with van der Waals surface area (Å²) in [4.78, 5) is 16.6. The number of rotatable bonds is 3. The van der Waals surface area contributed by atoms with Crippen LogP contribution in [0.3, 0.4) is 0 Å². The van der Waals surface area contributed by atoms with E-state index in [-0.39, 0.29) is 5.82 Å². The molecule has 3 unspecified atom stereocenters. The molecule has 3 nitrogen and oxygen atoms in total. The summed E-state index contributed by atoms with van der Waals surface area (Å²) < 4.78 is 13.4. The van der Waals surface area contributed by atoms with Crippen molar-refractivity contribution in [1.82, 2.24) is 9.80 Å². The number of carbonyl (C=O) groups is 1. The molecular weight excluding hydrogens is 279 g/mol. The van der Waals surface area contributed by atoms with E-state index in [1.807, 2.05) is 6.07 Å². The summed E-state index contributed by atoms with van der Waals surface area (Å²) in [7, 11) is 4.23. The Kier molecular flexibility index (Phi) is 4.48. The number of halogens is 1. The molecule has 2 aliphatic heterocycles. The van der Waals surface area contributed by atoms with Crippen LogP contribution in [0, 0.1) is 11.7 Å². The van der Waals surface area contributed by atoms with Crippen molar-refractivity contribution in [2.75, 3.05) is 20.6 Å². The third-order valence-corrected chi connectivity index (χ3v) is 5.23. The number of amides is 1. The van der Waals surface area contributed by atoms with Crippen LogP contribution in [-0.2, 0) is 11.2 Å². The first kappa shape index (κ1) is 15.5. The number of fused-ring (bicyclic) bond motifs is 1. The molecule has 3 rings (SSSR count).